The maximum Gasteiger partial charge on any atom is 0.0714 e. The Balaban J connectivity index is 1.72. The number of ether oxygens (including phenoxy) is 1. The lowest BCUT2D eigenvalue weighted by molar-refractivity contribution is 0.0513. The second-order valence-corrected chi connectivity index (χ2v) is 6.06. The highest BCUT2D eigenvalue weighted by atomic mass is 35.5. The smallest absolute Gasteiger partial charge is 0.0714 e. The highest BCUT2D eigenvalue weighted by Gasteiger charge is 2.33. The van der Waals surface area contributed by atoms with Gasteiger partial charge in [-0.25, -0.2) is 0 Å². The van der Waals surface area contributed by atoms with Crippen molar-refractivity contribution in [2.75, 3.05) is 19.7 Å². The molecule has 2 fully saturated rings. The third kappa shape index (κ3) is 3.84. The van der Waals surface area contributed by atoms with Crippen molar-refractivity contribution in [2.45, 2.75) is 69.4 Å². The molecule has 1 heterocycles. The van der Waals surface area contributed by atoms with E-state index in [1.54, 1.807) is 0 Å². The number of rotatable bonds is 5. The Labute approximate surface area is 111 Å². The van der Waals surface area contributed by atoms with Gasteiger partial charge in [-0.05, 0) is 25.7 Å². The van der Waals surface area contributed by atoms with E-state index in [0.717, 1.165) is 13.2 Å². The number of likely N-dealkylation sites (tertiary alicyclic amines) is 1. The number of halogens is 1. The fourth-order valence-electron chi connectivity index (χ4n) is 3.06. The zero-order valence-electron chi connectivity index (χ0n) is 11.0. The molecule has 1 saturated carbocycles. The molecule has 1 unspecified atom stereocenters. The molecule has 0 amide bonds. The van der Waals surface area contributed by atoms with E-state index >= 15 is 0 Å². The lowest BCUT2D eigenvalue weighted by Gasteiger charge is -2.34. The van der Waals surface area contributed by atoms with Gasteiger partial charge in [0.15, 0.2) is 0 Å². The van der Waals surface area contributed by atoms with Crippen LogP contribution < -0.4 is 0 Å². The molecule has 2 aliphatic rings. The lowest BCUT2D eigenvalue weighted by Crippen LogP contribution is -2.42. The van der Waals surface area contributed by atoms with Crippen LogP contribution >= 0.6 is 11.6 Å². The van der Waals surface area contributed by atoms with Crippen molar-refractivity contribution in [1.29, 1.82) is 0 Å². The first-order valence-electron chi connectivity index (χ1n) is 7.31. The fourth-order valence-corrected chi connectivity index (χ4v) is 3.50. The SMILES string of the molecule is CCCCO[C@@H]1CCN(C2CCCC[C@@H]2Cl)C1. The van der Waals surface area contributed by atoms with Crippen LogP contribution in [0.3, 0.4) is 0 Å². The van der Waals surface area contributed by atoms with Crippen molar-refractivity contribution < 1.29 is 4.74 Å². The first-order valence-corrected chi connectivity index (χ1v) is 7.74. The van der Waals surface area contributed by atoms with Gasteiger partial charge in [-0.2, -0.15) is 0 Å². The van der Waals surface area contributed by atoms with Crippen LogP contribution in [-0.4, -0.2) is 42.1 Å². The van der Waals surface area contributed by atoms with E-state index in [9.17, 15) is 0 Å². The van der Waals surface area contributed by atoms with Crippen LogP contribution in [0.4, 0.5) is 0 Å². The van der Waals surface area contributed by atoms with Crippen LogP contribution in [0.15, 0.2) is 0 Å². The van der Waals surface area contributed by atoms with Crippen molar-refractivity contribution in [2.24, 2.45) is 0 Å². The number of unbranched alkanes of at least 4 members (excludes halogenated alkanes) is 1. The molecule has 100 valence electrons. The molecule has 17 heavy (non-hydrogen) atoms. The van der Waals surface area contributed by atoms with Gasteiger partial charge >= 0.3 is 0 Å². The van der Waals surface area contributed by atoms with E-state index in [1.807, 2.05) is 0 Å². The van der Waals surface area contributed by atoms with E-state index in [0.29, 0.717) is 17.5 Å². The first kappa shape index (κ1) is 13.6. The average molecular weight is 260 g/mol. The molecular weight excluding hydrogens is 234 g/mol. The summed E-state index contributed by atoms with van der Waals surface area (Å²) in [7, 11) is 0. The van der Waals surface area contributed by atoms with E-state index in [1.165, 1.54) is 51.5 Å². The number of hydrogen-bond donors (Lipinski definition) is 0. The van der Waals surface area contributed by atoms with Crippen LogP contribution in [0.5, 0.6) is 0 Å². The molecule has 2 rings (SSSR count). The van der Waals surface area contributed by atoms with Gasteiger partial charge in [0.25, 0.3) is 0 Å². The molecule has 2 nitrogen and oxygen atoms in total. The molecule has 3 atom stereocenters. The zero-order valence-corrected chi connectivity index (χ0v) is 11.8. The lowest BCUT2D eigenvalue weighted by atomic mass is 9.94. The monoisotopic (exact) mass is 259 g/mol. The molecule has 0 N–H and O–H groups in total. The average Bonchev–Trinajstić information content (AvgIpc) is 2.79. The number of alkyl halides is 1. The molecule has 0 spiro atoms. The van der Waals surface area contributed by atoms with Gasteiger partial charge < -0.3 is 4.74 Å². The molecule has 0 bridgehead atoms. The highest BCUT2D eigenvalue weighted by Crippen LogP contribution is 2.30. The van der Waals surface area contributed by atoms with Gasteiger partial charge in [-0.1, -0.05) is 26.2 Å². The normalized spacial score (nSPS) is 35.3. The number of nitrogens with zero attached hydrogens (tertiary/aromatic N) is 1. The van der Waals surface area contributed by atoms with Crippen molar-refractivity contribution in [1.82, 2.24) is 4.90 Å². The molecular formula is C14H26ClNO. The van der Waals surface area contributed by atoms with E-state index < -0.39 is 0 Å². The van der Waals surface area contributed by atoms with Crippen molar-refractivity contribution >= 4 is 11.6 Å². The quantitative estimate of drug-likeness (QED) is 0.554. The summed E-state index contributed by atoms with van der Waals surface area (Å²) < 4.78 is 5.91. The van der Waals surface area contributed by atoms with Gasteiger partial charge in [-0.15, -0.1) is 11.6 Å². The van der Waals surface area contributed by atoms with Crippen LogP contribution in [0.1, 0.15) is 51.9 Å². The van der Waals surface area contributed by atoms with Crippen molar-refractivity contribution in [3.63, 3.8) is 0 Å². The van der Waals surface area contributed by atoms with Gasteiger partial charge in [0, 0.05) is 31.1 Å². The van der Waals surface area contributed by atoms with Gasteiger partial charge in [-0.3, -0.25) is 4.90 Å². The summed E-state index contributed by atoms with van der Waals surface area (Å²) in [6.45, 7) is 5.44. The van der Waals surface area contributed by atoms with Crippen LogP contribution in [0, 0.1) is 0 Å². The molecule has 1 saturated heterocycles. The predicted molar refractivity (Wildman–Crippen MR) is 72.7 cm³/mol. The van der Waals surface area contributed by atoms with E-state index in [4.69, 9.17) is 16.3 Å². The van der Waals surface area contributed by atoms with E-state index in [2.05, 4.69) is 11.8 Å². The summed E-state index contributed by atoms with van der Waals surface area (Å²) in [5.41, 5.74) is 0. The van der Waals surface area contributed by atoms with Crippen LogP contribution in [-0.2, 0) is 4.74 Å². The summed E-state index contributed by atoms with van der Waals surface area (Å²) in [6.07, 6.45) is 9.23. The molecule has 0 aromatic heterocycles. The predicted octanol–water partition coefficient (Wildman–Crippen LogP) is 3.43. The van der Waals surface area contributed by atoms with E-state index in [-0.39, 0.29) is 0 Å². The Morgan fingerprint density at radius 2 is 2.06 bits per heavy atom. The van der Waals surface area contributed by atoms with Crippen LogP contribution in [0.25, 0.3) is 0 Å². The maximum atomic E-state index is 6.45. The summed E-state index contributed by atoms with van der Waals surface area (Å²) in [5.74, 6) is 0. The van der Waals surface area contributed by atoms with Crippen molar-refractivity contribution in [3.05, 3.63) is 0 Å². The summed E-state index contributed by atoms with van der Waals surface area (Å²) in [6, 6.07) is 0.616. The largest absolute Gasteiger partial charge is 0.377 e. The maximum absolute atomic E-state index is 6.45. The van der Waals surface area contributed by atoms with Gasteiger partial charge in [0.1, 0.15) is 0 Å². The summed E-state index contributed by atoms with van der Waals surface area (Å²) in [5, 5.41) is 0.373. The Bertz CT molecular complexity index is 224. The first-order chi connectivity index (χ1) is 8.31. The molecule has 3 heteroatoms. The topological polar surface area (TPSA) is 12.5 Å². The summed E-state index contributed by atoms with van der Waals surface area (Å²) >= 11 is 6.45. The van der Waals surface area contributed by atoms with Gasteiger partial charge in [0.05, 0.1) is 6.10 Å². The van der Waals surface area contributed by atoms with Gasteiger partial charge in [0.2, 0.25) is 0 Å². The Kier molecular flexibility index (Phi) is 5.58. The molecule has 0 aromatic carbocycles. The highest BCUT2D eigenvalue weighted by molar-refractivity contribution is 6.21. The molecule has 0 radical (unpaired) electrons. The van der Waals surface area contributed by atoms with Crippen molar-refractivity contribution in [3.8, 4) is 0 Å². The Morgan fingerprint density at radius 3 is 2.82 bits per heavy atom. The minimum Gasteiger partial charge on any atom is -0.377 e. The number of hydrogen-bond acceptors (Lipinski definition) is 2. The Morgan fingerprint density at radius 1 is 1.24 bits per heavy atom. The Hall–Kier alpha value is 0.210. The molecule has 1 aliphatic heterocycles. The summed E-state index contributed by atoms with van der Waals surface area (Å²) in [4.78, 5) is 2.58. The fraction of sp³-hybridized carbons (Fsp3) is 1.00. The third-order valence-electron chi connectivity index (χ3n) is 4.14. The zero-order chi connectivity index (χ0) is 12.1. The second kappa shape index (κ2) is 6.96. The second-order valence-electron chi connectivity index (χ2n) is 5.50. The standard InChI is InChI=1S/C14H26ClNO/c1-2-3-10-17-12-8-9-16(11-12)14-7-5-4-6-13(14)15/h12-14H,2-11H2,1H3/t12-,13+,14?/m1/s1. The minimum absolute atomic E-state index is 0.373. The minimum atomic E-state index is 0.373. The molecule has 1 aliphatic carbocycles. The molecule has 0 aromatic rings. The van der Waals surface area contributed by atoms with Crippen LogP contribution in [0.2, 0.25) is 0 Å². The third-order valence-corrected chi connectivity index (χ3v) is 4.65.